The van der Waals surface area contributed by atoms with Crippen molar-refractivity contribution in [2.75, 3.05) is 20.0 Å². The molecule has 0 aromatic heterocycles. The molecule has 0 spiro atoms. The van der Waals surface area contributed by atoms with E-state index in [2.05, 4.69) is 57.3 Å². The van der Waals surface area contributed by atoms with Crippen LogP contribution in [0.15, 0.2) is 30.3 Å². The Bertz CT molecular complexity index is 459. The van der Waals surface area contributed by atoms with Crippen LogP contribution in [-0.2, 0) is 0 Å². The second-order valence-corrected chi connectivity index (χ2v) is 15.0. The molecule has 1 aromatic carbocycles. The normalized spacial score (nSPS) is 13.0. The summed E-state index contributed by atoms with van der Waals surface area (Å²) in [5.41, 5.74) is 2.38. The van der Waals surface area contributed by atoms with Crippen molar-refractivity contribution in [2.24, 2.45) is 0 Å². The van der Waals surface area contributed by atoms with E-state index in [1.165, 1.54) is 109 Å². The Kier molecular flexibility index (Phi) is 16.0. The molecule has 0 amide bonds. The predicted molar refractivity (Wildman–Crippen MR) is 138 cm³/mol. The van der Waals surface area contributed by atoms with Crippen molar-refractivity contribution in [3.63, 3.8) is 0 Å². The Hall–Kier alpha value is -0.350. The van der Waals surface area contributed by atoms with Crippen molar-refractivity contribution in [3.8, 4) is 0 Å². The van der Waals surface area contributed by atoms with Gasteiger partial charge in [0.2, 0.25) is 0 Å². The molecule has 1 heteroatoms. The fourth-order valence-corrected chi connectivity index (χ4v) is 6.59. The second kappa shape index (κ2) is 17.3. The topological polar surface area (TPSA) is 0 Å². The molecule has 168 valence electrons. The fourth-order valence-electron chi connectivity index (χ4n) is 4.56. The van der Waals surface area contributed by atoms with Crippen LogP contribution in [0.25, 0.3) is 0 Å². The zero-order chi connectivity index (χ0) is 21.2. The van der Waals surface area contributed by atoms with Gasteiger partial charge in [-0.3, -0.25) is 0 Å². The van der Waals surface area contributed by atoms with Gasteiger partial charge in [-0.15, -0.1) is 0 Å². The first-order chi connectivity index (χ1) is 14.1. The lowest BCUT2D eigenvalue weighted by molar-refractivity contribution is 0.526. The van der Waals surface area contributed by atoms with Crippen molar-refractivity contribution in [1.29, 1.82) is 0 Å². The summed E-state index contributed by atoms with van der Waals surface area (Å²) in [5.74, 6) is 0. The first-order valence-electron chi connectivity index (χ1n) is 12.9. The maximum Gasteiger partial charge on any atom is 0.0937 e. The number of unbranched alkanes of at least 4 members (excludes halogenated alkanes) is 15. The highest BCUT2D eigenvalue weighted by Gasteiger charge is 2.31. The molecule has 1 unspecified atom stereocenters. The number of benzene rings is 1. The van der Waals surface area contributed by atoms with E-state index >= 15 is 0 Å². The Labute approximate surface area is 185 Å². The predicted octanol–water partition coefficient (Wildman–Crippen LogP) is 10.3. The van der Waals surface area contributed by atoms with E-state index in [0.717, 1.165) is 5.66 Å². The first kappa shape index (κ1) is 26.7. The minimum atomic E-state index is -0.838. The fraction of sp³-hybridized carbons (Fsp3) is 0.786. The van der Waals surface area contributed by atoms with Crippen LogP contribution in [0, 0.1) is 0 Å². The lowest BCUT2D eigenvalue weighted by Crippen LogP contribution is -2.03. The summed E-state index contributed by atoms with van der Waals surface area (Å²) in [6, 6.07) is 11.3. The summed E-state index contributed by atoms with van der Waals surface area (Å²) in [7, 11) is -0.838. The third-order valence-electron chi connectivity index (χ3n) is 6.45. The zero-order valence-corrected chi connectivity index (χ0v) is 21.3. The van der Waals surface area contributed by atoms with Crippen molar-refractivity contribution >= 4 is 7.26 Å². The molecule has 0 saturated carbocycles. The molecular weight excluding hydrogens is 367 g/mol. The summed E-state index contributed by atoms with van der Waals surface area (Å²) >= 11 is 0. The van der Waals surface area contributed by atoms with Gasteiger partial charge in [-0.05, 0) is 18.4 Å². The average molecular weight is 420 g/mol. The lowest BCUT2D eigenvalue weighted by atomic mass is 10.0. The highest BCUT2D eigenvalue weighted by molar-refractivity contribution is 7.74. The van der Waals surface area contributed by atoms with Crippen LogP contribution in [0.4, 0.5) is 0 Å². The van der Waals surface area contributed by atoms with Crippen LogP contribution in [0.3, 0.4) is 0 Å². The van der Waals surface area contributed by atoms with Gasteiger partial charge < -0.3 is 0 Å². The summed E-state index contributed by atoms with van der Waals surface area (Å²) in [6.45, 7) is 9.83. The van der Waals surface area contributed by atoms with Gasteiger partial charge in [0.15, 0.2) is 0 Å². The molecule has 29 heavy (non-hydrogen) atoms. The first-order valence-corrected chi connectivity index (χ1v) is 16.1. The molecule has 0 aliphatic rings. The minimum Gasteiger partial charge on any atom is -0.0654 e. The van der Waals surface area contributed by atoms with Gasteiger partial charge in [-0.1, -0.05) is 134 Å². The van der Waals surface area contributed by atoms with E-state index in [-0.39, 0.29) is 0 Å². The van der Waals surface area contributed by atoms with Crippen molar-refractivity contribution in [1.82, 2.24) is 0 Å². The van der Waals surface area contributed by atoms with E-state index in [1.807, 2.05) is 0 Å². The van der Waals surface area contributed by atoms with Crippen LogP contribution in [0.1, 0.15) is 127 Å². The summed E-state index contributed by atoms with van der Waals surface area (Å²) in [6.07, 6.45) is 24.7. The maximum absolute atomic E-state index is 2.51. The van der Waals surface area contributed by atoms with Gasteiger partial charge >= 0.3 is 0 Å². The Morgan fingerprint density at radius 2 is 0.931 bits per heavy atom. The molecule has 0 heterocycles. The van der Waals surface area contributed by atoms with Gasteiger partial charge in [-0.2, -0.15) is 0 Å². The summed E-state index contributed by atoms with van der Waals surface area (Å²) < 4.78 is 0. The Balaban J connectivity index is 1.94. The third kappa shape index (κ3) is 14.3. The van der Waals surface area contributed by atoms with E-state index in [9.17, 15) is 0 Å². The number of hydrogen-bond donors (Lipinski definition) is 0. The zero-order valence-electron chi connectivity index (χ0n) is 20.4. The second-order valence-electron chi connectivity index (χ2n) is 10.1. The molecule has 0 aliphatic heterocycles. The van der Waals surface area contributed by atoms with E-state index in [0.29, 0.717) is 0 Å². The standard InChI is InChI=1S/C28H52P/c1-5-6-7-8-9-10-11-12-13-14-15-16-17-18-19-23-26-28(29(2,3)4)27-24-21-20-22-25-27/h20-22,24-25,28H,5-19,23,26H2,1-4H3/q+1. The molecule has 1 rings (SSSR count). The smallest absolute Gasteiger partial charge is 0.0654 e. The van der Waals surface area contributed by atoms with Crippen LogP contribution < -0.4 is 0 Å². The summed E-state index contributed by atoms with van der Waals surface area (Å²) in [4.78, 5) is 0. The van der Waals surface area contributed by atoms with E-state index < -0.39 is 7.26 Å². The van der Waals surface area contributed by atoms with Gasteiger partial charge in [0.1, 0.15) is 0 Å². The maximum atomic E-state index is 2.51. The van der Waals surface area contributed by atoms with Crippen LogP contribution in [0.5, 0.6) is 0 Å². The van der Waals surface area contributed by atoms with Gasteiger partial charge in [0, 0.05) is 27.3 Å². The molecule has 1 aromatic rings. The average Bonchev–Trinajstić information content (AvgIpc) is 2.70. The molecule has 0 N–H and O–H groups in total. The van der Waals surface area contributed by atoms with E-state index in [1.54, 1.807) is 5.56 Å². The monoisotopic (exact) mass is 419 g/mol. The molecule has 0 saturated heterocycles. The molecule has 1 atom stereocenters. The van der Waals surface area contributed by atoms with Gasteiger partial charge in [0.05, 0.1) is 5.66 Å². The number of rotatable bonds is 19. The molecular formula is C28H52P+. The van der Waals surface area contributed by atoms with Crippen LogP contribution in [0.2, 0.25) is 0 Å². The highest BCUT2D eigenvalue weighted by atomic mass is 31.2. The molecule has 0 bridgehead atoms. The quantitative estimate of drug-likeness (QED) is 0.154. The Morgan fingerprint density at radius 3 is 1.31 bits per heavy atom. The molecule has 0 radical (unpaired) electrons. The van der Waals surface area contributed by atoms with Gasteiger partial charge in [0.25, 0.3) is 0 Å². The molecule has 0 nitrogen and oxygen atoms in total. The third-order valence-corrected chi connectivity index (χ3v) is 8.88. The highest BCUT2D eigenvalue weighted by Crippen LogP contribution is 2.62. The molecule has 0 aliphatic carbocycles. The van der Waals surface area contributed by atoms with Gasteiger partial charge in [-0.25, -0.2) is 0 Å². The Morgan fingerprint density at radius 1 is 0.552 bits per heavy atom. The molecule has 0 fully saturated rings. The van der Waals surface area contributed by atoms with Crippen LogP contribution in [-0.4, -0.2) is 20.0 Å². The van der Waals surface area contributed by atoms with Crippen molar-refractivity contribution in [3.05, 3.63) is 35.9 Å². The SMILES string of the molecule is CCCCCCCCCCCCCCCCCCC(c1ccccc1)[P+](C)(C)C. The van der Waals surface area contributed by atoms with Crippen molar-refractivity contribution < 1.29 is 0 Å². The van der Waals surface area contributed by atoms with Crippen molar-refractivity contribution in [2.45, 2.75) is 122 Å². The minimum absolute atomic E-state index is 0.801. The van der Waals surface area contributed by atoms with Crippen LogP contribution >= 0.6 is 7.26 Å². The van der Waals surface area contributed by atoms with E-state index in [4.69, 9.17) is 0 Å². The lowest BCUT2D eigenvalue weighted by Gasteiger charge is -2.25. The largest absolute Gasteiger partial charge is 0.0937 e. The summed E-state index contributed by atoms with van der Waals surface area (Å²) in [5, 5.41) is 0. The number of hydrogen-bond acceptors (Lipinski definition) is 0.